The van der Waals surface area contributed by atoms with Gasteiger partial charge in [0, 0.05) is 11.0 Å². The van der Waals surface area contributed by atoms with Crippen molar-refractivity contribution >= 4 is 21.8 Å². The highest BCUT2D eigenvalue weighted by molar-refractivity contribution is 9.10. The first-order chi connectivity index (χ1) is 9.76. The number of amides is 1. The van der Waals surface area contributed by atoms with Gasteiger partial charge in [-0.15, -0.1) is 0 Å². The standard InChI is InChI=1S/C14H16BrF3N2O/c1-9(10-3-2-4-11(15)7-10)20-12(21)13(14(16,17)18)5-6-19-8-13/h2-4,7,9,19H,5-6,8H2,1H3,(H,20,21)/t9-,13?/m1/s1. The van der Waals surface area contributed by atoms with Crippen molar-refractivity contribution < 1.29 is 18.0 Å². The zero-order valence-electron chi connectivity index (χ0n) is 11.4. The number of benzene rings is 1. The Morgan fingerprint density at radius 3 is 2.71 bits per heavy atom. The predicted molar refractivity (Wildman–Crippen MR) is 76.7 cm³/mol. The second kappa shape index (κ2) is 5.96. The molecular weight excluding hydrogens is 349 g/mol. The van der Waals surface area contributed by atoms with Crippen molar-refractivity contribution in [1.82, 2.24) is 10.6 Å². The van der Waals surface area contributed by atoms with E-state index in [9.17, 15) is 18.0 Å². The Morgan fingerprint density at radius 2 is 2.19 bits per heavy atom. The number of carbonyl (C=O) groups excluding carboxylic acids is 1. The first-order valence-electron chi connectivity index (χ1n) is 6.60. The summed E-state index contributed by atoms with van der Waals surface area (Å²) in [6.45, 7) is 1.50. The minimum Gasteiger partial charge on any atom is -0.349 e. The summed E-state index contributed by atoms with van der Waals surface area (Å²) in [6.07, 6.45) is -4.79. The maximum absolute atomic E-state index is 13.3. The summed E-state index contributed by atoms with van der Waals surface area (Å²) >= 11 is 3.30. The van der Waals surface area contributed by atoms with E-state index in [-0.39, 0.29) is 19.5 Å². The molecule has 0 aliphatic carbocycles. The van der Waals surface area contributed by atoms with Gasteiger partial charge < -0.3 is 10.6 Å². The van der Waals surface area contributed by atoms with Crippen molar-refractivity contribution in [2.45, 2.75) is 25.6 Å². The van der Waals surface area contributed by atoms with Gasteiger partial charge in [0.15, 0.2) is 5.41 Å². The smallest absolute Gasteiger partial charge is 0.349 e. The number of rotatable bonds is 3. The van der Waals surface area contributed by atoms with Crippen molar-refractivity contribution in [3.05, 3.63) is 34.3 Å². The van der Waals surface area contributed by atoms with Crippen LogP contribution in [-0.4, -0.2) is 25.2 Å². The van der Waals surface area contributed by atoms with Gasteiger partial charge in [0.2, 0.25) is 5.91 Å². The molecule has 1 aliphatic heterocycles. The Balaban J connectivity index is 2.16. The first kappa shape index (κ1) is 16.3. The molecule has 0 saturated carbocycles. The SMILES string of the molecule is C[C@@H](NC(=O)C1(C(F)(F)F)CCNC1)c1cccc(Br)c1. The normalized spacial score (nSPS) is 23.9. The molecule has 116 valence electrons. The average molecular weight is 365 g/mol. The summed E-state index contributed by atoms with van der Waals surface area (Å²) in [5, 5.41) is 5.13. The molecule has 0 radical (unpaired) electrons. The third-order valence-corrected chi connectivity index (χ3v) is 4.32. The number of hydrogen-bond acceptors (Lipinski definition) is 2. The molecule has 0 aromatic heterocycles. The van der Waals surface area contributed by atoms with E-state index in [0.29, 0.717) is 0 Å². The molecule has 3 nitrogen and oxygen atoms in total. The summed E-state index contributed by atoms with van der Waals surface area (Å²) in [7, 11) is 0. The van der Waals surface area contributed by atoms with E-state index >= 15 is 0 Å². The van der Waals surface area contributed by atoms with Crippen molar-refractivity contribution in [3.8, 4) is 0 Å². The number of nitrogens with one attached hydrogen (secondary N) is 2. The first-order valence-corrected chi connectivity index (χ1v) is 7.39. The molecule has 21 heavy (non-hydrogen) atoms. The maximum atomic E-state index is 13.3. The monoisotopic (exact) mass is 364 g/mol. The Morgan fingerprint density at radius 1 is 1.48 bits per heavy atom. The summed E-state index contributed by atoms with van der Waals surface area (Å²) in [5.41, 5.74) is -1.58. The lowest BCUT2D eigenvalue weighted by Gasteiger charge is -2.31. The second-order valence-corrected chi connectivity index (χ2v) is 6.17. The molecule has 1 fully saturated rings. The Bertz CT molecular complexity index is 527. The Hall–Kier alpha value is -1.08. The van der Waals surface area contributed by atoms with Gasteiger partial charge in [-0.25, -0.2) is 0 Å². The molecule has 1 unspecified atom stereocenters. The van der Waals surface area contributed by atoms with E-state index in [1.165, 1.54) is 0 Å². The van der Waals surface area contributed by atoms with Gasteiger partial charge in [0.25, 0.3) is 0 Å². The van der Waals surface area contributed by atoms with E-state index in [4.69, 9.17) is 0 Å². The summed E-state index contributed by atoms with van der Waals surface area (Å²) in [6, 6.07) is 6.64. The third-order valence-electron chi connectivity index (χ3n) is 3.83. The predicted octanol–water partition coefficient (Wildman–Crippen LogP) is 3.17. The van der Waals surface area contributed by atoms with E-state index in [2.05, 4.69) is 26.6 Å². The van der Waals surface area contributed by atoms with Crippen molar-refractivity contribution in [2.75, 3.05) is 13.1 Å². The molecule has 1 aromatic rings. The highest BCUT2D eigenvalue weighted by atomic mass is 79.9. The lowest BCUT2D eigenvalue weighted by Crippen LogP contribution is -2.52. The molecule has 7 heteroatoms. The van der Waals surface area contributed by atoms with Crippen LogP contribution in [0.3, 0.4) is 0 Å². The van der Waals surface area contributed by atoms with Gasteiger partial charge in [-0.2, -0.15) is 13.2 Å². The topological polar surface area (TPSA) is 41.1 Å². The van der Waals surface area contributed by atoms with Crippen LogP contribution in [0.5, 0.6) is 0 Å². The highest BCUT2D eigenvalue weighted by Crippen LogP contribution is 2.43. The van der Waals surface area contributed by atoms with Crippen LogP contribution in [0.15, 0.2) is 28.7 Å². The Labute approximate surface area is 129 Å². The summed E-state index contributed by atoms with van der Waals surface area (Å²) in [4.78, 5) is 12.2. The van der Waals surface area contributed by atoms with E-state index in [0.717, 1.165) is 10.0 Å². The molecule has 1 amide bonds. The van der Waals surface area contributed by atoms with E-state index in [1.54, 1.807) is 25.1 Å². The molecule has 0 bridgehead atoms. The lowest BCUT2D eigenvalue weighted by molar-refractivity contribution is -0.216. The average Bonchev–Trinajstić information content (AvgIpc) is 2.88. The van der Waals surface area contributed by atoms with Gasteiger partial charge in [0.05, 0.1) is 6.04 Å². The second-order valence-electron chi connectivity index (χ2n) is 5.26. The van der Waals surface area contributed by atoms with Crippen molar-refractivity contribution in [2.24, 2.45) is 5.41 Å². The molecule has 1 aromatic carbocycles. The van der Waals surface area contributed by atoms with E-state index in [1.807, 2.05) is 6.07 Å². The molecule has 1 saturated heterocycles. The number of hydrogen-bond donors (Lipinski definition) is 2. The zero-order chi connectivity index (χ0) is 15.7. The number of alkyl halides is 3. The fraction of sp³-hybridized carbons (Fsp3) is 0.500. The quantitative estimate of drug-likeness (QED) is 0.864. The van der Waals surface area contributed by atoms with Crippen LogP contribution in [0.25, 0.3) is 0 Å². The fourth-order valence-corrected chi connectivity index (χ4v) is 2.87. The molecule has 2 N–H and O–H groups in total. The molecule has 1 aliphatic rings. The van der Waals surface area contributed by atoms with Gasteiger partial charge >= 0.3 is 6.18 Å². The number of halogens is 4. The lowest BCUT2D eigenvalue weighted by atomic mass is 9.84. The maximum Gasteiger partial charge on any atom is 0.404 e. The van der Waals surface area contributed by atoms with Crippen LogP contribution in [0.2, 0.25) is 0 Å². The minimum absolute atomic E-state index is 0.193. The van der Waals surface area contributed by atoms with Gasteiger partial charge in [-0.3, -0.25) is 4.79 Å². The molecule has 0 spiro atoms. The zero-order valence-corrected chi connectivity index (χ0v) is 13.0. The van der Waals surface area contributed by atoms with E-state index < -0.39 is 23.5 Å². The minimum atomic E-state index is -4.56. The van der Waals surface area contributed by atoms with Gasteiger partial charge in [-0.1, -0.05) is 28.1 Å². The number of carbonyl (C=O) groups is 1. The van der Waals surface area contributed by atoms with Crippen molar-refractivity contribution in [1.29, 1.82) is 0 Å². The molecule has 1 heterocycles. The summed E-state index contributed by atoms with van der Waals surface area (Å²) in [5.74, 6) is -0.965. The van der Waals surface area contributed by atoms with Crippen LogP contribution < -0.4 is 10.6 Å². The highest BCUT2D eigenvalue weighted by Gasteiger charge is 2.61. The van der Waals surface area contributed by atoms with Crippen LogP contribution in [0.1, 0.15) is 24.9 Å². The Kier molecular flexibility index (Phi) is 4.63. The molecular formula is C14H16BrF3N2O. The molecule has 2 rings (SSSR count). The van der Waals surface area contributed by atoms with Crippen LogP contribution in [-0.2, 0) is 4.79 Å². The van der Waals surface area contributed by atoms with Crippen molar-refractivity contribution in [3.63, 3.8) is 0 Å². The van der Waals surface area contributed by atoms with Crippen LogP contribution >= 0.6 is 15.9 Å². The molecule has 2 atom stereocenters. The third kappa shape index (κ3) is 3.23. The largest absolute Gasteiger partial charge is 0.404 e. The van der Waals surface area contributed by atoms with Gasteiger partial charge in [-0.05, 0) is 37.6 Å². The summed E-state index contributed by atoms with van der Waals surface area (Å²) < 4.78 is 40.6. The van der Waals surface area contributed by atoms with Gasteiger partial charge in [0.1, 0.15) is 0 Å². The van der Waals surface area contributed by atoms with Crippen LogP contribution in [0, 0.1) is 5.41 Å². The van der Waals surface area contributed by atoms with Crippen LogP contribution in [0.4, 0.5) is 13.2 Å². The fourth-order valence-electron chi connectivity index (χ4n) is 2.45.